The fraction of sp³-hybridized carbons (Fsp3) is 0.320. The molecule has 32 heavy (non-hydrogen) atoms. The van der Waals surface area contributed by atoms with Crippen molar-refractivity contribution in [2.75, 3.05) is 18.4 Å². The molecular weight excluding hydrogens is 404 g/mol. The lowest BCUT2D eigenvalue weighted by atomic mass is 9.91. The maximum absolute atomic E-state index is 12.7. The van der Waals surface area contributed by atoms with Gasteiger partial charge in [-0.25, -0.2) is 9.78 Å². The maximum Gasteiger partial charge on any atom is 0.323 e. The molecule has 0 spiro atoms. The van der Waals surface area contributed by atoms with E-state index in [1.807, 2.05) is 56.0 Å². The number of piperidine rings is 1. The highest BCUT2D eigenvalue weighted by atomic mass is 16.5. The molecule has 1 saturated heterocycles. The molecule has 1 unspecified atom stereocenters. The van der Waals surface area contributed by atoms with Gasteiger partial charge < -0.3 is 14.2 Å². The Balaban J connectivity index is 1.40. The third kappa shape index (κ3) is 4.99. The number of rotatable bonds is 4. The molecule has 7 nitrogen and oxygen atoms in total. The molecule has 3 aromatic rings. The summed E-state index contributed by atoms with van der Waals surface area (Å²) in [5.74, 6) is 2.77. The Bertz CT molecular complexity index is 1130. The Morgan fingerprint density at radius 2 is 2.09 bits per heavy atom. The lowest BCUT2D eigenvalue weighted by molar-refractivity contribution is 0.197. The molecule has 1 aliphatic heterocycles. The van der Waals surface area contributed by atoms with Gasteiger partial charge in [0, 0.05) is 30.9 Å². The smallest absolute Gasteiger partial charge is 0.323 e. The van der Waals surface area contributed by atoms with E-state index in [-0.39, 0.29) is 11.9 Å². The SMILES string of the molecule is Cc1ccc(Oc2cccc(C=C3CCN(C(=O)Nc4noc(C)c4C)CC3C)c2)nc1. The summed E-state index contributed by atoms with van der Waals surface area (Å²) < 4.78 is 11.0. The van der Waals surface area contributed by atoms with Gasteiger partial charge in [-0.1, -0.05) is 41.9 Å². The van der Waals surface area contributed by atoms with Crippen LogP contribution in [0.15, 0.2) is 52.7 Å². The molecule has 2 aromatic heterocycles. The van der Waals surface area contributed by atoms with Crippen LogP contribution in [0.3, 0.4) is 0 Å². The molecule has 1 N–H and O–H groups in total. The molecule has 2 amide bonds. The standard InChI is InChI=1S/C25H28N4O3/c1-16-8-9-23(26-14-16)31-22-7-5-6-20(13-22)12-21-10-11-29(15-17(21)2)25(30)27-24-18(3)19(4)32-28-24/h5-9,12-14,17H,10-11,15H2,1-4H3,(H,27,28,30). The summed E-state index contributed by atoms with van der Waals surface area (Å²) in [5, 5.41) is 6.78. The van der Waals surface area contributed by atoms with Crippen LogP contribution in [0.4, 0.5) is 10.6 Å². The second-order valence-corrected chi connectivity index (χ2v) is 8.31. The number of anilines is 1. The van der Waals surface area contributed by atoms with Crippen LogP contribution in [-0.2, 0) is 0 Å². The van der Waals surface area contributed by atoms with E-state index >= 15 is 0 Å². The summed E-state index contributed by atoms with van der Waals surface area (Å²) in [6.45, 7) is 9.16. The number of benzene rings is 1. The Hall–Kier alpha value is -3.61. The third-order valence-electron chi connectivity index (χ3n) is 5.78. The molecule has 0 radical (unpaired) electrons. The zero-order chi connectivity index (χ0) is 22.7. The molecule has 1 aliphatic rings. The third-order valence-corrected chi connectivity index (χ3v) is 5.78. The molecule has 166 valence electrons. The van der Waals surface area contributed by atoms with Gasteiger partial charge in [0.25, 0.3) is 0 Å². The number of carbonyl (C=O) groups is 1. The first kappa shape index (κ1) is 21.6. The number of carbonyl (C=O) groups excluding carboxylic acids is 1. The predicted molar refractivity (Wildman–Crippen MR) is 124 cm³/mol. The second-order valence-electron chi connectivity index (χ2n) is 8.31. The van der Waals surface area contributed by atoms with Crippen molar-refractivity contribution in [2.24, 2.45) is 5.92 Å². The predicted octanol–water partition coefficient (Wildman–Crippen LogP) is 5.74. The van der Waals surface area contributed by atoms with Crippen molar-refractivity contribution in [1.82, 2.24) is 15.0 Å². The zero-order valence-electron chi connectivity index (χ0n) is 18.9. The zero-order valence-corrected chi connectivity index (χ0v) is 18.9. The first-order chi connectivity index (χ1) is 15.4. The van der Waals surface area contributed by atoms with Gasteiger partial charge in [-0.05, 0) is 56.4 Å². The summed E-state index contributed by atoms with van der Waals surface area (Å²) in [5.41, 5.74) is 4.33. The van der Waals surface area contributed by atoms with E-state index in [9.17, 15) is 4.79 Å². The highest BCUT2D eigenvalue weighted by Gasteiger charge is 2.25. The molecule has 1 atom stereocenters. The number of hydrogen-bond donors (Lipinski definition) is 1. The first-order valence-corrected chi connectivity index (χ1v) is 10.8. The Kier molecular flexibility index (Phi) is 6.25. The van der Waals surface area contributed by atoms with Gasteiger partial charge in [-0.15, -0.1) is 0 Å². The summed E-state index contributed by atoms with van der Waals surface area (Å²) >= 11 is 0. The molecule has 3 heterocycles. The summed E-state index contributed by atoms with van der Waals surface area (Å²) in [6.07, 6.45) is 4.80. The van der Waals surface area contributed by atoms with Gasteiger partial charge in [0.1, 0.15) is 11.5 Å². The molecule has 0 saturated carbocycles. The lowest BCUT2D eigenvalue weighted by Gasteiger charge is -2.33. The molecule has 0 aliphatic carbocycles. The highest BCUT2D eigenvalue weighted by molar-refractivity contribution is 5.89. The van der Waals surface area contributed by atoms with Gasteiger partial charge in [0.05, 0.1) is 0 Å². The molecule has 1 aromatic carbocycles. The minimum atomic E-state index is -0.145. The Labute approximate surface area is 188 Å². The quantitative estimate of drug-likeness (QED) is 0.568. The minimum Gasteiger partial charge on any atom is -0.439 e. The second kappa shape index (κ2) is 9.26. The lowest BCUT2D eigenvalue weighted by Crippen LogP contribution is -2.42. The number of nitrogens with one attached hydrogen (secondary N) is 1. The van der Waals surface area contributed by atoms with Crippen molar-refractivity contribution < 1.29 is 14.1 Å². The molecule has 0 bridgehead atoms. The number of nitrogens with zero attached hydrogens (tertiary/aromatic N) is 3. The minimum absolute atomic E-state index is 0.145. The number of aryl methyl sites for hydroxylation is 2. The van der Waals surface area contributed by atoms with Crippen LogP contribution in [0.5, 0.6) is 11.6 Å². The van der Waals surface area contributed by atoms with Gasteiger partial charge in [-0.2, -0.15) is 0 Å². The van der Waals surface area contributed by atoms with Crippen LogP contribution in [0.2, 0.25) is 0 Å². The molecule has 1 fully saturated rings. The fourth-order valence-electron chi connectivity index (χ4n) is 3.68. The van der Waals surface area contributed by atoms with E-state index < -0.39 is 0 Å². The van der Waals surface area contributed by atoms with E-state index in [1.165, 1.54) is 5.57 Å². The average molecular weight is 433 g/mol. The van der Waals surface area contributed by atoms with E-state index in [4.69, 9.17) is 9.26 Å². The summed E-state index contributed by atoms with van der Waals surface area (Å²) in [7, 11) is 0. The van der Waals surface area contributed by atoms with Crippen LogP contribution in [0.1, 0.15) is 35.8 Å². The van der Waals surface area contributed by atoms with Crippen molar-refractivity contribution in [3.63, 3.8) is 0 Å². The van der Waals surface area contributed by atoms with E-state index in [2.05, 4.69) is 34.5 Å². The largest absolute Gasteiger partial charge is 0.439 e. The van der Waals surface area contributed by atoms with Crippen molar-refractivity contribution in [1.29, 1.82) is 0 Å². The Morgan fingerprint density at radius 3 is 2.78 bits per heavy atom. The maximum atomic E-state index is 12.7. The van der Waals surface area contributed by atoms with Crippen molar-refractivity contribution in [2.45, 2.75) is 34.1 Å². The number of hydrogen-bond acceptors (Lipinski definition) is 5. The number of ether oxygens (including phenoxy) is 1. The fourth-order valence-corrected chi connectivity index (χ4v) is 3.68. The topological polar surface area (TPSA) is 80.5 Å². The number of urea groups is 1. The van der Waals surface area contributed by atoms with Crippen LogP contribution < -0.4 is 10.1 Å². The summed E-state index contributed by atoms with van der Waals surface area (Å²) in [6, 6.07) is 11.7. The van der Waals surface area contributed by atoms with Crippen molar-refractivity contribution >= 4 is 17.9 Å². The molecular formula is C25H28N4O3. The van der Waals surface area contributed by atoms with Gasteiger partial charge in [0.15, 0.2) is 5.82 Å². The van der Waals surface area contributed by atoms with E-state index in [1.54, 1.807) is 6.20 Å². The highest BCUT2D eigenvalue weighted by Crippen LogP contribution is 2.28. The van der Waals surface area contributed by atoms with Crippen LogP contribution in [0.25, 0.3) is 6.08 Å². The van der Waals surface area contributed by atoms with E-state index in [0.717, 1.165) is 28.9 Å². The van der Waals surface area contributed by atoms with Crippen LogP contribution in [0, 0.1) is 26.7 Å². The average Bonchev–Trinajstić information content (AvgIpc) is 3.09. The van der Waals surface area contributed by atoms with Gasteiger partial charge >= 0.3 is 6.03 Å². The van der Waals surface area contributed by atoms with Gasteiger partial charge in [-0.3, -0.25) is 5.32 Å². The van der Waals surface area contributed by atoms with Crippen molar-refractivity contribution in [3.8, 4) is 11.6 Å². The van der Waals surface area contributed by atoms with Crippen LogP contribution in [-0.4, -0.2) is 34.2 Å². The van der Waals surface area contributed by atoms with Crippen LogP contribution >= 0.6 is 0 Å². The monoisotopic (exact) mass is 432 g/mol. The number of likely N-dealkylation sites (tertiary alicyclic amines) is 1. The molecule has 7 heteroatoms. The number of amides is 2. The molecule has 4 rings (SSSR count). The summed E-state index contributed by atoms with van der Waals surface area (Å²) in [4.78, 5) is 18.8. The first-order valence-electron chi connectivity index (χ1n) is 10.8. The van der Waals surface area contributed by atoms with E-state index in [0.29, 0.717) is 30.5 Å². The normalized spacial score (nSPS) is 17.4. The Morgan fingerprint density at radius 1 is 1.25 bits per heavy atom. The number of pyridine rings is 1. The van der Waals surface area contributed by atoms with Crippen molar-refractivity contribution in [3.05, 3.63) is 70.6 Å². The number of aromatic nitrogens is 2. The van der Waals surface area contributed by atoms with Gasteiger partial charge in [0.2, 0.25) is 5.88 Å².